The Morgan fingerprint density at radius 1 is 1.09 bits per heavy atom. The van der Waals surface area contributed by atoms with Gasteiger partial charge in [0.2, 0.25) is 0 Å². The Labute approximate surface area is 188 Å². The van der Waals surface area contributed by atoms with Crippen LogP contribution >= 0.6 is 0 Å². The molecule has 0 saturated heterocycles. The Morgan fingerprint density at radius 2 is 1.84 bits per heavy atom. The molecule has 0 fully saturated rings. The number of carbonyl (C=O) groups excluding carboxylic acids is 2. The molecule has 0 N–H and O–H groups in total. The number of methoxy groups -OCH3 is 1. The molecule has 0 bridgehead atoms. The van der Waals surface area contributed by atoms with Crippen LogP contribution in [-0.2, 0) is 14.3 Å². The molecule has 0 saturated carbocycles. The predicted octanol–water partition coefficient (Wildman–Crippen LogP) is 4.62. The Balaban J connectivity index is 1.75. The molecule has 4 rings (SSSR count). The summed E-state index contributed by atoms with van der Waals surface area (Å²) < 4.78 is 10.8. The van der Waals surface area contributed by atoms with Crippen molar-refractivity contribution in [2.24, 2.45) is 10.9 Å². The zero-order chi connectivity index (χ0) is 22.8. The number of aromatic nitrogens is 1. The molecule has 3 atom stereocenters. The van der Waals surface area contributed by atoms with Crippen molar-refractivity contribution >= 4 is 17.5 Å². The van der Waals surface area contributed by atoms with Crippen molar-refractivity contribution in [3.8, 4) is 5.75 Å². The van der Waals surface area contributed by atoms with Gasteiger partial charge in [0.25, 0.3) is 0 Å². The standard InChI is InChI=1S/C26H28N2O4/c1-15(2)32-26(30)23-16(3)28-21-12-19(17-7-9-20(31-4)10-8-17)13-22(29)25(21)24(23)18-6-5-11-27-14-18/h5-11,14-15,19,23-24H,12-13H2,1-4H3/t19-,23?,24-/m0/s1. The van der Waals surface area contributed by atoms with E-state index in [1.54, 1.807) is 19.5 Å². The van der Waals surface area contributed by atoms with Crippen molar-refractivity contribution < 1.29 is 19.1 Å². The molecule has 0 amide bonds. The number of carbonyl (C=O) groups is 2. The predicted molar refractivity (Wildman–Crippen MR) is 122 cm³/mol. The van der Waals surface area contributed by atoms with Crippen LogP contribution < -0.4 is 4.74 Å². The molecule has 6 heteroatoms. The second-order valence-electron chi connectivity index (χ2n) is 8.64. The number of aliphatic imine (C=N–C) groups is 1. The number of Topliss-reactive ketones (excluding diaryl/α,β-unsaturated/α-hetero) is 1. The Morgan fingerprint density at radius 3 is 2.47 bits per heavy atom. The molecule has 2 aliphatic rings. The summed E-state index contributed by atoms with van der Waals surface area (Å²) in [6.45, 7) is 5.49. The number of ketones is 1. The molecule has 1 aliphatic carbocycles. The first-order chi connectivity index (χ1) is 15.4. The third-order valence-corrected chi connectivity index (χ3v) is 6.13. The summed E-state index contributed by atoms with van der Waals surface area (Å²) in [7, 11) is 1.63. The largest absolute Gasteiger partial charge is 0.497 e. The van der Waals surface area contributed by atoms with E-state index in [9.17, 15) is 9.59 Å². The summed E-state index contributed by atoms with van der Waals surface area (Å²) in [5, 5.41) is 0. The van der Waals surface area contributed by atoms with Crippen LogP contribution in [-0.4, -0.2) is 35.7 Å². The topological polar surface area (TPSA) is 77.8 Å². The van der Waals surface area contributed by atoms with Gasteiger partial charge in [-0.25, -0.2) is 0 Å². The quantitative estimate of drug-likeness (QED) is 0.645. The van der Waals surface area contributed by atoms with Crippen LogP contribution in [0, 0.1) is 5.92 Å². The molecule has 0 spiro atoms. The molecule has 32 heavy (non-hydrogen) atoms. The van der Waals surface area contributed by atoms with Crippen LogP contribution in [0.4, 0.5) is 0 Å². The van der Waals surface area contributed by atoms with Crippen LogP contribution in [0.1, 0.15) is 56.6 Å². The van der Waals surface area contributed by atoms with Gasteiger partial charge < -0.3 is 9.47 Å². The van der Waals surface area contributed by atoms with Gasteiger partial charge in [0.05, 0.1) is 13.2 Å². The summed E-state index contributed by atoms with van der Waals surface area (Å²) in [4.78, 5) is 35.6. The number of allylic oxidation sites excluding steroid dienone is 2. The minimum absolute atomic E-state index is 0.0273. The van der Waals surface area contributed by atoms with E-state index in [0.29, 0.717) is 24.1 Å². The average molecular weight is 433 g/mol. The number of nitrogens with zero attached hydrogens (tertiary/aromatic N) is 2. The second-order valence-corrected chi connectivity index (χ2v) is 8.64. The van der Waals surface area contributed by atoms with Gasteiger partial charge in [0.15, 0.2) is 5.78 Å². The van der Waals surface area contributed by atoms with Crippen molar-refractivity contribution in [1.29, 1.82) is 0 Å². The third-order valence-electron chi connectivity index (χ3n) is 6.13. The number of rotatable bonds is 5. The van der Waals surface area contributed by atoms with Crippen LogP contribution in [0.3, 0.4) is 0 Å². The lowest BCUT2D eigenvalue weighted by molar-refractivity contribution is -0.150. The molecule has 2 aromatic rings. The Kier molecular flexibility index (Phi) is 6.21. The maximum absolute atomic E-state index is 13.5. The Hall–Kier alpha value is -3.28. The van der Waals surface area contributed by atoms with E-state index < -0.39 is 11.8 Å². The van der Waals surface area contributed by atoms with Gasteiger partial charge >= 0.3 is 5.97 Å². The van der Waals surface area contributed by atoms with Gasteiger partial charge in [-0.2, -0.15) is 0 Å². The highest BCUT2D eigenvalue weighted by Crippen LogP contribution is 2.46. The monoisotopic (exact) mass is 432 g/mol. The first-order valence-corrected chi connectivity index (χ1v) is 10.9. The zero-order valence-electron chi connectivity index (χ0n) is 18.9. The maximum Gasteiger partial charge on any atom is 0.315 e. The smallest absolute Gasteiger partial charge is 0.315 e. The molecule has 1 aliphatic heterocycles. The number of hydrogen-bond donors (Lipinski definition) is 0. The van der Waals surface area contributed by atoms with E-state index in [1.807, 2.05) is 57.2 Å². The van der Waals surface area contributed by atoms with E-state index in [1.165, 1.54) is 0 Å². The molecule has 1 unspecified atom stereocenters. The first-order valence-electron chi connectivity index (χ1n) is 10.9. The molecule has 166 valence electrons. The van der Waals surface area contributed by atoms with Crippen LogP contribution in [0.5, 0.6) is 5.75 Å². The summed E-state index contributed by atoms with van der Waals surface area (Å²) in [5.74, 6) is -0.581. The van der Waals surface area contributed by atoms with Crippen molar-refractivity contribution in [3.05, 3.63) is 71.2 Å². The normalized spacial score (nSPS) is 23.0. The second kappa shape index (κ2) is 9.07. The van der Waals surface area contributed by atoms with Gasteiger partial charge in [-0.3, -0.25) is 19.6 Å². The minimum Gasteiger partial charge on any atom is -0.497 e. The lowest BCUT2D eigenvalue weighted by Gasteiger charge is -2.36. The van der Waals surface area contributed by atoms with Crippen LogP contribution in [0.15, 0.2) is 65.1 Å². The fraction of sp³-hybridized carbons (Fsp3) is 0.385. The number of esters is 1. The van der Waals surface area contributed by atoms with Gasteiger partial charge in [0.1, 0.15) is 11.7 Å². The molecule has 2 heterocycles. The van der Waals surface area contributed by atoms with E-state index in [0.717, 1.165) is 22.6 Å². The van der Waals surface area contributed by atoms with Crippen LogP contribution in [0.25, 0.3) is 0 Å². The lowest BCUT2D eigenvalue weighted by atomic mass is 9.69. The number of benzene rings is 1. The number of pyridine rings is 1. The minimum atomic E-state index is -0.637. The summed E-state index contributed by atoms with van der Waals surface area (Å²) in [6.07, 6.45) is 4.19. The lowest BCUT2D eigenvalue weighted by Crippen LogP contribution is -2.38. The molecule has 1 aromatic heterocycles. The summed E-state index contributed by atoms with van der Waals surface area (Å²) in [5.41, 5.74) is 3.97. The van der Waals surface area contributed by atoms with Crippen molar-refractivity contribution in [2.75, 3.05) is 7.11 Å². The molecular weight excluding hydrogens is 404 g/mol. The summed E-state index contributed by atoms with van der Waals surface area (Å²) in [6, 6.07) is 11.6. The highest BCUT2D eigenvalue weighted by Gasteiger charge is 2.45. The Bertz CT molecular complexity index is 1070. The molecule has 6 nitrogen and oxygen atoms in total. The molecule has 1 aromatic carbocycles. The van der Waals surface area contributed by atoms with E-state index in [4.69, 9.17) is 14.5 Å². The molecular formula is C26H28N2O4. The van der Waals surface area contributed by atoms with Gasteiger partial charge in [-0.15, -0.1) is 0 Å². The molecule has 0 radical (unpaired) electrons. The average Bonchev–Trinajstić information content (AvgIpc) is 2.78. The summed E-state index contributed by atoms with van der Waals surface area (Å²) >= 11 is 0. The van der Waals surface area contributed by atoms with Crippen molar-refractivity contribution in [3.63, 3.8) is 0 Å². The number of ether oxygens (including phenoxy) is 2. The van der Waals surface area contributed by atoms with Gasteiger partial charge in [0, 0.05) is 41.7 Å². The fourth-order valence-electron chi connectivity index (χ4n) is 4.70. The number of hydrogen-bond acceptors (Lipinski definition) is 6. The van der Waals surface area contributed by atoms with Gasteiger partial charge in [-0.05, 0) is 62.4 Å². The highest BCUT2D eigenvalue weighted by molar-refractivity contribution is 6.09. The van der Waals surface area contributed by atoms with E-state index in [-0.39, 0.29) is 23.8 Å². The zero-order valence-corrected chi connectivity index (χ0v) is 18.9. The van der Waals surface area contributed by atoms with Crippen molar-refractivity contribution in [1.82, 2.24) is 4.98 Å². The fourth-order valence-corrected chi connectivity index (χ4v) is 4.70. The SMILES string of the molecule is COc1ccc([C@@H]2CC(=O)C3=C(C2)N=C(C)C(C(=O)OC(C)C)[C@@H]3c2cccnc2)cc1. The van der Waals surface area contributed by atoms with Crippen LogP contribution in [0.2, 0.25) is 0 Å². The van der Waals surface area contributed by atoms with Crippen molar-refractivity contribution in [2.45, 2.75) is 51.6 Å². The highest BCUT2D eigenvalue weighted by atomic mass is 16.5. The van der Waals surface area contributed by atoms with E-state index >= 15 is 0 Å². The van der Waals surface area contributed by atoms with E-state index in [2.05, 4.69) is 4.98 Å². The third kappa shape index (κ3) is 4.22. The maximum atomic E-state index is 13.5. The first kappa shape index (κ1) is 21.9. The van der Waals surface area contributed by atoms with Gasteiger partial charge in [-0.1, -0.05) is 18.2 Å².